The highest BCUT2D eigenvalue weighted by Crippen LogP contribution is 2.23. The number of aromatic nitrogens is 2. The van der Waals surface area contributed by atoms with Crippen molar-refractivity contribution in [2.45, 2.75) is 13.5 Å². The van der Waals surface area contributed by atoms with Gasteiger partial charge >= 0.3 is 0 Å². The van der Waals surface area contributed by atoms with Crippen LogP contribution in [0.4, 0.5) is 21.5 Å². The minimum Gasteiger partial charge on any atom is -0.353 e. The molecule has 0 atom stereocenters. The number of hydrogen-bond acceptors (Lipinski definition) is 4. The zero-order chi connectivity index (χ0) is 13.1. The zero-order valence-corrected chi connectivity index (χ0v) is 9.63. The number of hydrogen-bond donors (Lipinski definition) is 1. The lowest BCUT2D eigenvalue weighted by atomic mass is 10.2. The summed E-state index contributed by atoms with van der Waals surface area (Å²) in [4.78, 5) is 9.97. The van der Waals surface area contributed by atoms with Crippen LogP contribution < -0.4 is 5.32 Å². The van der Waals surface area contributed by atoms with Crippen LogP contribution in [0.3, 0.4) is 0 Å². The molecule has 1 N–H and O–H groups in total. The van der Waals surface area contributed by atoms with Crippen molar-refractivity contribution in [3.63, 3.8) is 0 Å². The van der Waals surface area contributed by atoms with Gasteiger partial charge in [0.1, 0.15) is 5.82 Å². The maximum atomic E-state index is 13.2. The standard InChI is InChI=1S/C11H11FN4O2/c1-2-15-7-10(6-13-15)14-9-3-8(12)4-11(5-9)16(17)18/h3-7,14H,2H2,1H3. The Morgan fingerprint density at radius 3 is 2.83 bits per heavy atom. The first-order chi connectivity index (χ1) is 8.58. The fourth-order valence-corrected chi connectivity index (χ4v) is 1.52. The van der Waals surface area contributed by atoms with Crippen molar-refractivity contribution in [1.82, 2.24) is 9.78 Å². The third-order valence-electron chi connectivity index (χ3n) is 2.34. The minimum atomic E-state index is -0.658. The van der Waals surface area contributed by atoms with Gasteiger partial charge in [0.25, 0.3) is 5.69 Å². The topological polar surface area (TPSA) is 73.0 Å². The van der Waals surface area contributed by atoms with E-state index >= 15 is 0 Å². The Morgan fingerprint density at radius 1 is 1.44 bits per heavy atom. The van der Waals surface area contributed by atoms with E-state index in [-0.39, 0.29) is 5.69 Å². The van der Waals surface area contributed by atoms with Crippen molar-refractivity contribution in [3.8, 4) is 0 Å². The summed E-state index contributed by atoms with van der Waals surface area (Å²) in [5.74, 6) is -0.658. The van der Waals surface area contributed by atoms with Crippen LogP contribution in [-0.4, -0.2) is 14.7 Å². The van der Waals surface area contributed by atoms with Gasteiger partial charge in [-0.25, -0.2) is 4.39 Å². The summed E-state index contributed by atoms with van der Waals surface area (Å²) in [6.07, 6.45) is 3.30. The molecule has 0 aliphatic heterocycles. The SMILES string of the molecule is CCn1cc(Nc2cc(F)cc([N+](=O)[O-])c2)cn1. The lowest BCUT2D eigenvalue weighted by molar-refractivity contribution is -0.385. The van der Waals surface area contributed by atoms with Crippen molar-refractivity contribution in [1.29, 1.82) is 0 Å². The van der Waals surface area contributed by atoms with E-state index in [1.807, 2.05) is 6.92 Å². The highest BCUT2D eigenvalue weighted by Gasteiger charge is 2.10. The smallest absolute Gasteiger partial charge is 0.274 e. The van der Waals surface area contributed by atoms with Crippen molar-refractivity contribution >= 4 is 17.1 Å². The third-order valence-corrected chi connectivity index (χ3v) is 2.34. The summed E-state index contributed by atoms with van der Waals surface area (Å²) >= 11 is 0. The molecule has 6 nitrogen and oxygen atoms in total. The highest BCUT2D eigenvalue weighted by molar-refractivity contribution is 5.61. The molecule has 0 amide bonds. The van der Waals surface area contributed by atoms with Crippen molar-refractivity contribution in [2.75, 3.05) is 5.32 Å². The maximum absolute atomic E-state index is 13.2. The molecule has 0 bridgehead atoms. The van der Waals surface area contributed by atoms with Gasteiger partial charge in [-0.15, -0.1) is 0 Å². The Hall–Kier alpha value is -2.44. The molecule has 2 aromatic rings. The maximum Gasteiger partial charge on any atom is 0.274 e. The van der Waals surface area contributed by atoms with E-state index in [2.05, 4.69) is 10.4 Å². The molecule has 0 unspecified atom stereocenters. The summed E-state index contributed by atoms with van der Waals surface area (Å²) in [5.41, 5.74) is 0.675. The van der Waals surface area contributed by atoms with Crippen molar-refractivity contribution < 1.29 is 9.31 Å². The number of nitrogens with zero attached hydrogens (tertiary/aromatic N) is 3. The molecule has 94 valence electrons. The summed E-state index contributed by atoms with van der Waals surface area (Å²) in [6.45, 7) is 2.65. The van der Waals surface area contributed by atoms with E-state index in [0.717, 1.165) is 6.07 Å². The largest absolute Gasteiger partial charge is 0.353 e. The van der Waals surface area contributed by atoms with Gasteiger partial charge in [-0.05, 0) is 13.0 Å². The van der Waals surface area contributed by atoms with Gasteiger partial charge in [-0.2, -0.15) is 5.10 Å². The molecule has 0 saturated carbocycles. The lowest BCUT2D eigenvalue weighted by Crippen LogP contribution is -1.95. The number of rotatable bonds is 4. The molecule has 1 aromatic carbocycles. The quantitative estimate of drug-likeness (QED) is 0.668. The summed E-state index contributed by atoms with van der Waals surface area (Å²) in [6, 6.07) is 3.34. The average molecular weight is 250 g/mol. The molecule has 0 spiro atoms. The number of nitro benzene ring substituents is 1. The van der Waals surface area contributed by atoms with Crippen LogP contribution in [0.1, 0.15) is 6.92 Å². The Morgan fingerprint density at radius 2 is 2.22 bits per heavy atom. The second-order valence-electron chi connectivity index (χ2n) is 3.66. The third kappa shape index (κ3) is 2.62. The van der Waals surface area contributed by atoms with Gasteiger partial charge in [-0.3, -0.25) is 14.8 Å². The van der Waals surface area contributed by atoms with E-state index in [4.69, 9.17) is 0 Å². The molecule has 1 heterocycles. The number of nitrogens with one attached hydrogen (secondary N) is 1. The predicted octanol–water partition coefficient (Wildman–Crippen LogP) is 2.69. The molecule has 0 aliphatic carbocycles. The Bertz CT molecular complexity index is 582. The fourth-order valence-electron chi connectivity index (χ4n) is 1.52. The van der Waals surface area contributed by atoms with Crippen molar-refractivity contribution in [2.24, 2.45) is 0 Å². The summed E-state index contributed by atoms with van der Waals surface area (Å²) < 4.78 is 14.9. The van der Waals surface area contributed by atoms with Crippen molar-refractivity contribution in [3.05, 3.63) is 46.5 Å². The number of halogens is 1. The first-order valence-corrected chi connectivity index (χ1v) is 5.33. The van der Waals surface area contributed by atoms with Gasteiger partial charge in [-0.1, -0.05) is 0 Å². The van der Waals surface area contributed by atoms with Crippen LogP contribution in [0.25, 0.3) is 0 Å². The molecule has 0 saturated heterocycles. The number of non-ortho nitro benzene ring substituents is 1. The minimum absolute atomic E-state index is 0.291. The zero-order valence-electron chi connectivity index (χ0n) is 9.63. The second kappa shape index (κ2) is 4.82. The number of nitro groups is 1. The molecular weight excluding hydrogens is 239 g/mol. The Kier molecular flexibility index (Phi) is 3.22. The molecule has 0 fully saturated rings. The van der Waals surface area contributed by atoms with Gasteiger partial charge in [0.15, 0.2) is 0 Å². The van der Waals surface area contributed by atoms with Crippen LogP contribution >= 0.6 is 0 Å². The van der Waals surface area contributed by atoms with E-state index < -0.39 is 10.7 Å². The monoisotopic (exact) mass is 250 g/mol. The molecule has 7 heteroatoms. The van der Waals surface area contributed by atoms with E-state index in [1.54, 1.807) is 17.1 Å². The van der Waals surface area contributed by atoms with E-state index in [0.29, 0.717) is 17.9 Å². The van der Waals surface area contributed by atoms with Gasteiger partial charge in [0, 0.05) is 24.5 Å². The lowest BCUT2D eigenvalue weighted by Gasteiger charge is -2.03. The average Bonchev–Trinajstić information content (AvgIpc) is 2.76. The number of benzene rings is 1. The molecular formula is C11H11FN4O2. The summed E-state index contributed by atoms with van der Waals surface area (Å²) in [7, 11) is 0. The van der Waals surface area contributed by atoms with E-state index in [1.165, 1.54) is 12.1 Å². The number of anilines is 2. The normalized spacial score (nSPS) is 10.3. The second-order valence-corrected chi connectivity index (χ2v) is 3.66. The van der Waals surface area contributed by atoms with Crippen LogP contribution in [0, 0.1) is 15.9 Å². The Balaban J connectivity index is 2.25. The Labute approximate surface area is 102 Å². The molecule has 2 rings (SSSR count). The molecule has 0 radical (unpaired) electrons. The fraction of sp³-hybridized carbons (Fsp3) is 0.182. The van der Waals surface area contributed by atoms with Crippen LogP contribution in [0.2, 0.25) is 0 Å². The number of aryl methyl sites for hydroxylation is 1. The van der Waals surface area contributed by atoms with Crippen LogP contribution in [0.5, 0.6) is 0 Å². The molecule has 1 aromatic heterocycles. The predicted molar refractivity (Wildman–Crippen MR) is 64.2 cm³/mol. The van der Waals surface area contributed by atoms with Gasteiger partial charge in [0.05, 0.1) is 22.9 Å². The van der Waals surface area contributed by atoms with Gasteiger partial charge in [0.2, 0.25) is 0 Å². The molecule has 18 heavy (non-hydrogen) atoms. The highest BCUT2D eigenvalue weighted by atomic mass is 19.1. The first kappa shape index (κ1) is 12.0. The summed E-state index contributed by atoms with van der Waals surface area (Å²) in [5, 5.41) is 17.5. The van der Waals surface area contributed by atoms with Crippen LogP contribution in [-0.2, 0) is 6.54 Å². The molecule has 0 aliphatic rings. The van der Waals surface area contributed by atoms with Gasteiger partial charge < -0.3 is 5.32 Å². The van der Waals surface area contributed by atoms with Crippen LogP contribution in [0.15, 0.2) is 30.6 Å². The first-order valence-electron chi connectivity index (χ1n) is 5.33. The van der Waals surface area contributed by atoms with E-state index in [9.17, 15) is 14.5 Å².